The SMILES string of the molecule is Cc1sc(-c2noc(C3CN(C(=O)[C@H]4C[C@@H]4F)C3)n2)cc1NC(=O)c1cnn2ccc(N3CC4(C3)CC(O)(C(F)F)C4)cc12. The third-order valence-electron chi connectivity index (χ3n) is 9.34. The summed E-state index contributed by atoms with van der Waals surface area (Å²) in [5, 5.41) is 21.4. The molecule has 2 amide bonds. The monoisotopic (exact) mass is 627 g/mol. The normalized spacial score (nSPS) is 23.5. The molecule has 230 valence electrons. The predicted molar refractivity (Wildman–Crippen MR) is 153 cm³/mol. The molecule has 4 aromatic rings. The van der Waals surface area contributed by atoms with E-state index in [9.17, 15) is 27.9 Å². The summed E-state index contributed by atoms with van der Waals surface area (Å²) in [4.78, 5) is 35.3. The lowest BCUT2D eigenvalue weighted by atomic mass is 9.55. The summed E-state index contributed by atoms with van der Waals surface area (Å²) < 4.78 is 46.5. The minimum Gasteiger partial charge on any atom is -0.384 e. The third-order valence-corrected chi connectivity index (χ3v) is 10.4. The fourth-order valence-electron chi connectivity index (χ4n) is 6.79. The molecule has 44 heavy (non-hydrogen) atoms. The second-order valence-electron chi connectivity index (χ2n) is 12.7. The molecule has 2 saturated carbocycles. The lowest BCUT2D eigenvalue weighted by molar-refractivity contribution is -0.209. The predicted octanol–water partition coefficient (Wildman–Crippen LogP) is 3.89. The zero-order chi connectivity index (χ0) is 30.5. The number of aliphatic hydroxyl groups is 1. The molecule has 2 aliphatic heterocycles. The number of halogens is 3. The molecule has 2 atom stereocenters. The van der Waals surface area contributed by atoms with Crippen molar-refractivity contribution >= 4 is 40.0 Å². The van der Waals surface area contributed by atoms with Gasteiger partial charge in [-0.05, 0) is 44.4 Å². The van der Waals surface area contributed by atoms with E-state index in [2.05, 4.69) is 25.5 Å². The molecule has 2 N–H and O–H groups in total. The van der Waals surface area contributed by atoms with Crippen molar-refractivity contribution in [3.63, 3.8) is 0 Å². The molecule has 0 bridgehead atoms. The fourth-order valence-corrected chi connectivity index (χ4v) is 7.69. The number of fused-ring (bicyclic) bond motifs is 1. The Bertz CT molecular complexity index is 1800. The number of aryl methyl sites for hydroxylation is 1. The van der Waals surface area contributed by atoms with Crippen molar-refractivity contribution in [2.45, 2.75) is 50.3 Å². The highest BCUT2D eigenvalue weighted by Gasteiger charge is 2.63. The van der Waals surface area contributed by atoms with Crippen LogP contribution < -0.4 is 10.2 Å². The number of amides is 2. The molecular weight excluding hydrogens is 599 g/mol. The number of nitrogens with one attached hydrogen (secondary N) is 1. The molecule has 0 unspecified atom stereocenters. The highest BCUT2D eigenvalue weighted by Crippen LogP contribution is 2.57. The van der Waals surface area contributed by atoms with Crippen molar-refractivity contribution in [3.8, 4) is 10.7 Å². The number of likely N-dealkylation sites (tertiary alicyclic amines) is 1. The molecular formula is C29H28F3N7O4S. The average Bonchev–Trinajstić information content (AvgIpc) is 3.26. The first-order valence-corrected chi connectivity index (χ1v) is 15.2. The van der Waals surface area contributed by atoms with Crippen LogP contribution in [-0.4, -0.2) is 86.0 Å². The maximum absolute atomic E-state index is 13.4. The van der Waals surface area contributed by atoms with Gasteiger partial charge in [-0.2, -0.15) is 10.1 Å². The van der Waals surface area contributed by atoms with Crippen molar-refractivity contribution in [1.29, 1.82) is 0 Å². The van der Waals surface area contributed by atoms with E-state index < -0.39 is 24.1 Å². The molecule has 4 aromatic heterocycles. The number of thiophene rings is 1. The molecule has 4 fully saturated rings. The van der Waals surface area contributed by atoms with Gasteiger partial charge in [0.25, 0.3) is 12.3 Å². The van der Waals surface area contributed by atoms with E-state index in [0.717, 1.165) is 10.6 Å². The van der Waals surface area contributed by atoms with Crippen molar-refractivity contribution < 1.29 is 32.4 Å². The molecule has 4 aliphatic rings. The van der Waals surface area contributed by atoms with Crippen molar-refractivity contribution in [3.05, 3.63) is 46.9 Å². The summed E-state index contributed by atoms with van der Waals surface area (Å²) in [6.07, 6.45) is -0.0233. The van der Waals surface area contributed by atoms with E-state index >= 15 is 0 Å². The van der Waals surface area contributed by atoms with Crippen LogP contribution in [0.4, 0.5) is 24.5 Å². The Morgan fingerprint density at radius 2 is 1.98 bits per heavy atom. The molecule has 8 rings (SSSR count). The van der Waals surface area contributed by atoms with Gasteiger partial charge in [0.1, 0.15) is 11.8 Å². The number of nitrogens with zero attached hydrogens (tertiary/aromatic N) is 6. The highest BCUT2D eigenvalue weighted by atomic mass is 32.1. The molecule has 2 aliphatic carbocycles. The summed E-state index contributed by atoms with van der Waals surface area (Å²) >= 11 is 1.41. The van der Waals surface area contributed by atoms with Gasteiger partial charge in [-0.3, -0.25) is 9.59 Å². The lowest BCUT2D eigenvalue weighted by Gasteiger charge is -2.62. The zero-order valence-corrected chi connectivity index (χ0v) is 24.4. The number of aromatic nitrogens is 4. The standard InChI is InChI=1S/C29H28F3N7O4S/c1-14-20(6-22(44-14)23-35-25(43-36-23)15-8-37(9-15)26(41)17-5-19(17)30)34-24(40)18-7-33-39-3-2-16(4-21(18)39)38-12-28(13-38)10-29(42,11-28)27(31)32/h2-4,6-7,15,17,19,27,42H,5,8-13H2,1H3,(H,34,40)/t17-,19-/m0/s1. The molecule has 15 heteroatoms. The Kier molecular flexibility index (Phi) is 5.96. The van der Waals surface area contributed by atoms with Gasteiger partial charge in [0.15, 0.2) is 0 Å². The molecule has 2 saturated heterocycles. The molecule has 6 heterocycles. The van der Waals surface area contributed by atoms with Gasteiger partial charge < -0.3 is 24.7 Å². The van der Waals surface area contributed by atoms with E-state index in [1.807, 2.05) is 19.1 Å². The zero-order valence-electron chi connectivity index (χ0n) is 23.5. The number of carbonyl (C=O) groups excluding carboxylic acids is 2. The Morgan fingerprint density at radius 3 is 2.68 bits per heavy atom. The molecule has 1 spiro atoms. The fraction of sp³-hybridized carbons (Fsp3) is 0.483. The number of alkyl halides is 3. The molecule has 0 aromatic carbocycles. The van der Waals surface area contributed by atoms with Crippen LogP contribution in [0.2, 0.25) is 0 Å². The van der Waals surface area contributed by atoms with Crippen molar-refractivity contribution in [1.82, 2.24) is 24.7 Å². The second kappa shape index (κ2) is 9.51. The van der Waals surface area contributed by atoms with Crippen LogP contribution in [0.5, 0.6) is 0 Å². The number of hydrogen-bond acceptors (Lipinski definition) is 9. The van der Waals surface area contributed by atoms with Crippen LogP contribution >= 0.6 is 11.3 Å². The van der Waals surface area contributed by atoms with E-state index in [1.54, 1.807) is 21.7 Å². The lowest BCUT2D eigenvalue weighted by Crippen LogP contribution is -2.70. The highest BCUT2D eigenvalue weighted by molar-refractivity contribution is 7.16. The van der Waals surface area contributed by atoms with E-state index in [4.69, 9.17) is 4.52 Å². The van der Waals surface area contributed by atoms with Crippen LogP contribution in [-0.2, 0) is 4.79 Å². The second-order valence-corrected chi connectivity index (χ2v) is 13.9. The van der Waals surface area contributed by atoms with Crippen LogP contribution in [0, 0.1) is 18.3 Å². The Labute approximate surface area is 252 Å². The van der Waals surface area contributed by atoms with Gasteiger partial charge in [-0.25, -0.2) is 17.7 Å². The molecule has 11 nitrogen and oxygen atoms in total. The maximum Gasteiger partial charge on any atom is 0.266 e. The smallest absolute Gasteiger partial charge is 0.266 e. The van der Waals surface area contributed by atoms with Gasteiger partial charge >= 0.3 is 0 Å². The topological polar surface area (TPSA) is 129 Å². The van der Waals surface area contributed by atoms with Crippen molar-refractivity contribution in [2.24, 2.45) is 11.3 Å². The number of carbonyl (C=O) groups is 2. The van der Waals surface area contributed by atoms with Gasteiger partial charge in [0, 0.05) is 48.4 Å². The Balaban J connectivity index is 0.925. The third kappa shape index (κ3) is 4.38. The number of anilines is 2. The first-order chi connectivity index (χ1) is 21.0. The quantitative estimate of drug-likeness (QED) is 0.316. The number of pyridine rings is 1. The number of rotatable bonds is 7. The largest absolute Gasteiger partial charge is 0.384 e. The summed E-state index contributed by atoms with van der Waals surface area (Å²) in [5.41, 5.74) is 0.260. The summed E-state index contributed by atoms with van der Waals surface area (Å²) in [7, 11) is 0. The first kappa shape index (κ1) is 27.6. The Hall–Kier alpha value is -3.98. The van der Waals surface area contributed by atoms with Crippen LogP contribution in [0.1, 0.15) is 46.3 Å². The summed E-state index contributed by atoms with van der Waals surface area (Å²) in [6, 6.07) is 5.51. The Morgan fingerprint density at radius 1 is 1.23 bits per heavy atom. The van der Waals surface area contributed by atoms with Crippen molar-refractivity contribution in [2.75, 3.05) is 36.4 Å². The van der Waals surface area contributed by atoms with Gasteiger partial charge in [0.05, 0.1) is 39.7 Å². The van der Waals surface area contributed by atoms with Gasteiger partial charge in [0.2, 0.25) is 17.6 Å². The van der Waals surface area contributed by atoms with Gasteiger partial charge in [-0.1, -0.05) is 5.16 Å². The number of hydrogen-bond donors (Lipinski definition) is 2. The first-order valence-electron chi connectivity index (χ1n) is 14.4. The summed E-state index contributed by atoms with van der Waals surface area (Å²) in [6.45, 7) is 3.87. The van der Waals surface area contributed by atoms with Gasteiger partial charge in [-0.15, -0.1) is 11.3 Å². The summed E-state index contributed by atoms with van der Waals surface area (Å²) in [5.74, 6) is -0.278. The van der Waals surface area contributed by atoms with Crippen LogP contribution in [0.25, 0.3) is 16.2 Å². The minimum atomic E-state index is -2.74. The van der Waals surface area contributed by atoms with E-state index in [1.165, 1.54) is 17.5 Å². The maximum atomic E-state index is 13.4. The van der Waals surface area contributed by atoms with E-state index in [-0.39, 0.29) is 36.0 Å². The average molecular weight is 628 g/mol. The minimum absolute atomic E-state index is 0.0888. The molecule has 0 radical (unpaired) electrons. The van der Waals surface area contributed by atoms with Crippen LogP contribution in [0.15, 0.2) is 35.1 Å². The van der Waals surface area contributed by atoms with E-state index in [0.29, 0.717) is 66.0 Å². The van der Waals surface area contributed by atoms with Crippen LogP contribution in [0.3, 0.4) is 0 Å².